The van der Waals surface area contributed by atoms with Gasteiger partial charge in [0, 0.05) is 38.4 Å². The molecule has 0 saturated carbocycles. The molecule has 0 saturated heterocycles. The first-order chi connectivity index (χ1) is 20.2. The van der Waals surface area contributed by atoms with Crippen LogP contribution < -0.4 is 93.4 Å². The van der Waals surface area contributed by atoms with Gasteiger partial charge in [-0.2, -0.15) is 25.3 Å². The van der Waals surface area contributed by atoms with Gasteiger partial charge in [-0.05, 0) is 18.6 Å². The Bertz CT molecular complexity index is 1900. The number of hydrogen-bond acceptors (Lipinski definition) is 7. The third-order valence-electron chi connectivity index (χ3n) is 7.84. The number of rotatable bonds is 17. The molecule has 0 aliphatic heterocycles. The fourth-order valence-electron chi connectivity index (χ4n) is 5.75. The van der Waals surface area contributed by atoms with Gasteiger partial charge in [0.1, 0.15) is 20.4 Å². The number of hydrogen-bond donors (Lipinski definition) is 3. The summed E-state index contributed by atoms with van der Waals surface area (Å²) in [6.07, 6.45) is 13.9. The third kappa shape index (κ3) is 11.0. The predicted molar refractivity (Wildman–Crippen MR) is 169 cm³/mol. The van der Waals surface area contributed by atoms with Crippen molar-refractivity contribution in [3.05, 3.63) is 36.4 Å². The van der Waals surface area contributed by atoms with Gasteiger partial charge in [0.2, 0.25) is 0 Å². The van der Waals surface area contributed by atoms with Crippen molar-refractivity contribution in [1.29, 1.82) is 0 Å². The molecule has 0 heterocycles. The fraction of sp³-hybridized carbons (Fsp3) is 0.467. The quantitative estimate of drug-likeness (QED) is 0.0517. The Kier molecular flexibility index (Phi) is 18.5. The molecule has 46 heavy (non-hydrogen) atoms. The van der Waals surface area contributed by atoms with Crippen molar-refractivity contribution in [1.82, 2.24) is 0 Å². The van der Waals surface area contributed by atoms with Gasteiger partial charge < -0.3 is 9.02 Å². The van der Waals surface area contributed by atoms with E-state index in [-0.39, 0.29) is 132 Å². The molecule has 16 heteroatoms. The molecule has 0 aliphatic rings. The van der Waals surface area contributed by atoms with Gasteiger partial charge in [0.05, 0.1) is 6.61 Å². The minimum absolute atomic E-state index is 0. The maximum Gasteiger partial charge on any atom is 1.00 e. The minimum Gasteiger partial charge on any atom is -1.00 e. The van der Waals surface area contributed by atoms with E-state index in [1.807, 2.05) is 0 Å². The third-order valence-corrected chi connectivity index (χ3v) is 10.5. The minimum atomic E-state index is -4.97. The van der Waals surface area contributed by atoms with E-state index in [0.29, 0.717) is 17.9 Å². The molecule has 0 amide bonds. The second-order valence-electron chi connectivity index (χ2n) is 11.0. The Labute approximate surface area is 342 Å². The monoisotopic (exact) mass is 726 g/mol. The van der Waals surface area contributed by atoms with Crippen LogP contribution >= 0.6 is 0 Å². The molecule has 242 valence electrons. The summed E-state index contributed by atoms with van der Waals surface area (Å²) < 4.78 is 109. The Hall–Kier alpha value is 0.450. The van der Waals surface area contributed by atoms with Crippen LogP contribution in [0.2, 0.25) is 0 Å². The SMILES string of the molecule is CCCCCCCCCCCCCCOc1cc(S(=O)(=O)O)c2ccc3c(S(=O)(=O)O)cc(S(=O)(=O)O)c4ccc1c2c43.[H-].[H-].[H-].[Na+].[Na+].[Na+]. The zero-order valence-electron chi connectivity index (χ0n) is 30.1. The molecule has 4 rings (SSSR count). The average Bonchev–Trinajstić information content (AvgIpc) is 2.92. The van der Waals surface area contributed by atoms with Crippen molar-refractivity contribution in [2.45, 2.75) is 98.7 Å². The molecule has 0 fully saturated rings. The first-order valence-corrected chi connectivity index (χ1v) is 18.9. The van der Waals surface area contributed by atoms with Crippen molar-refractivity contribution >= 4 is 62.7 Å². The normalized spacial score (nSPS) is 12.2. The summed E-state index contributed by atoms with van der Waals surface area (Å²) in [5.41, 5.74) is 0. The zero-order valence-corrected chi connectivity index (χ0v) is 35.5. The van der Waals surface area contributed by atoms with Crippen LogP contribution in [-0.2, 0) is 30.4 Å². The molecule has 0 spiro atoms. The maximum atomic E-state index is 12.4. The standard InChI is InChI=1S/C30H38O10S3.3Na.3H/c1-2-3-4-5-6-7-8-9-10-11-12-13-18-40-25-19-26(41(31,32)33)22-16-17-24-28(43(37,38)39)20-27(42(34,35)36)23-15-14-21(25)29(22)30(23)24;;;;;;/h14-17,19-20H,2-13,18H2,1H3,(H,31,32,33)(H,34,35,36)(H,37,38,39);;;;;;/q;3*+1;3*-1. The summed E-state index contributed by atoms with van der Waals surface area (Å²) in [7, 11) is -14.7. The Morgan fingerprint density at radius 2 is 0.848 bits per heavy atom. The number of unbranched alkanes of at least 4 members (excludes halogenated alkanes) is 11. The summed E-state index contributed by atoms with van der Waals surface area (Å²) in [6.45, 7) is 2.46. The molecule has 0 unspecified atom stereocenters. The second kappa shape index (κ2) is 19.2. The molecule has 10 nitrogen and oxygen atoms in total. The van der Waals surface area contributed by atoms with Gasteiger partial charge >= 0.3 is 88.7 Å². The number of ether oxygens (including phenoxy) is 1. The molecule has 0 aliphatic carbocycles. The summed E-state index contributed by atoms with van der Waals surface area (Å²) in [5, 5.41) is 0.212. The molecule has 0 radical (unpaired) electrons. The number of benzene rings is 4. The van der Waals surface area contributed by atoms with Gasteiger partial charge in [-0.25, -0.2) is 0 Å². The van der Waals surface area contributed by atoms with Crippen molar-refractivity contribution in [2.24, 2.45) is 0 Å². The molecule has 0 bridgehead atoms. The molecule has 4 aromatic carbocycles. The van der Waals surface area contributed by atoms with E-state index in [0.717, 1.165) is 19.3 Å². The Morgan fingerprint density at radius 3 is 1.24 bits per heavy atom. The average molecular weight is 727 g/mol. The first kappa shape index (κ1) is 44.5. The molecule has 3 N–H and O–H groups in total. The predicted octanol–water partition coefficient (Wildman–Crippen LogP) is -1.25. The van der Waals surface area contributed by atoms with Crippen LogP contribution in [0.4, 0.5) is 0 Å². The molecule has 4 aromatic rings. The van der Waals surface area contributed by atoms with Crippen molar-refractivity contribution in [2.75, 3.05) is 6.61 Å². The second-order valence-corrected chi connectivity index (χ2v) is 15.1. The first-order valence-electron chi connectivity index (χ1n) is 14.6. The van der Waals surface area contributed by atoms with Gasteiger partial charge in [-0.1, -0.05) is 95.8 Å². The van der Waals surface area contributed by atoms with E-state index >= 15 is 0 Å². The van der Waals surface area contributed by atoms with Crippen molar-refractivity contribution in [3.8, 4) is 5.75 Å². The van der Waals surface area contributed by atoms with Crippen LogP contribution in [0.25, 0.3) is 32.3 Å². The Morgan fingerprint density at radius 1 is 0.522 bits per heavy atom. The van der Waals surface area contributed by atoms with Gasteiger partial charge in [-0.3, -0.25) is 13.7 Å². The molecule has 0 aromatic heterocycles. The van der Waals surface area contributed by atoms with Crippen LogP contribution in [0.5, 0.6) is 5.75 Å². The summed E-state index contributed by atoms with van der Waals surface area (Å²) in [5.74, 6) is 0.100. The van der Waals surface area contributed by atoms with Crippen molar-refractivity contribution < 1.29 is 137 Å². The fourth-order valence-corrected chi connectivity index (χ4v) is 7.96. The molecule has 0 atom stereocenters. The van der Waals surface area contributed by atoms with E-state index in [2.05, 4.69) is 6.92 Å². The smallest absolute Gasteiger partial charge is 1.00 e. The van der Waals surface area contributed by atoms with Crippen LogP contribution in [0.15, 0.2) is 51.1 Å². The van der Waals surface area contributed by atoms with Gasteiger partial charge in [-0.15, -0.1) is 0 Å². The van der Waals surface area contributed by atoms with Gasteiger partial charge in [0.15, 0.2) is 0 Å². The summed E-state index contributed by atoms with van der Waals surface area (Å²) in [6, 6.07) is 7.15. The van der Waals surface area contributed by atoms with E-state index in [9.17, 15) is 38.9 Å². The maximum absolute atomic E-state index is 12.4. The molecular weight excluding hydrogens is 685 g/mol. The van der Waals surface area contributed by atoms with Gasteiger partial charge in [0.25, 0.3) is 30.4 Å². The van der Waals surface area contributed by atoms with E-state index < -0.39 is 45.0 Å². The van der Waals surface area contributed by atoms with Crippen LogP contribution in [0.3, 0.4) is 0 Å². The van der Waals surface area contributed by atoms with E-state index in [1.54, 1.807) is 0 Å². The van der Waals surface area contributed by atoms with Crippen LogP contribution in [0, 0.1) is 0 Å². The van der Waals surface area contributed by atoms with Crippen LogP contribution in [0.1, 0.15) is 88.3 Å². The van der Waals surface area contributed by atoms with Crippen molar-refractivity contribution in [3.63, 3.8) is 0 Å². The summed E-state index contributed by atoms with van der Waals surface area (Å²) >= 11 is 0. The summed E-state index contributed by atoms with van der Waals surface area (Å²) in [4.78, 5) is -2.07. The zero-order chi connectivity index (χ0) is 31.4. The topological polar surface area (TPSA) is 172 Å². The Balaban J connectivity index is -0.00000353. The van der Waals surface area contributed by atoms with Crippen LogP contribution in [-0.4, -0.2) is 45.5 Å². The van der Waals surface area contributed by atoms with E-state index in [4.69, 9.17) is 4.74 Å². The van der Waals surface area contributed by atoms with E-state index in [1.165, 1.54) is 81.7 Å². The molecular formula is C30H41Na3O10S3. The largest absolute Gasteiger partial charge is 1.00 e.